The fourth-order valence-electron chi connectivity index (χ4n) is 1.56. The fraction of sp³-hybridized carbons (Fsp3) is 0.0714. The molecule has 2 N–H and O–H groups in total. The first kappa shape index (κ1) is 13.2. The summed E-state index contributed by atoms with van der Waals surface area (Å²) >= 11 is 5.75. The molecule has 0 spiro atoms. The summed E-state index contributed by atoms with van der Waals surface area (Å²) in [4.78, 5) is 10.9. The Balaban J connectivity index is 2.19. The molecule has 0 saturated heterocycles. The lowest BCUT2D eigenvalue weighted by molar-refractivity contribution is 0.0693. The average molecular weight is 279 g/mol. The quantitative estimate of drug-likeness (QED) is 0.900. The van der Waals surface area contributed by atoms with Crippen molar-refractivity contribution in [3.8, 4) is 11.5 Å². The van der Waals surface area contributed by atoms with Gasteiger partial charge in [0, 0.05) is 6.07 Å². The lowest BCUT2D eigenvalue weighted by Gasteiger charge is -2.09. The van der Waals surface area contributed by atoms with Crippen molar-refractivity contribution < 1.29 is 19.7 Å². The molecule has 5 heteroatoms. The Hall–Kier alpha value is -2.20. The van der Waals surface area contributed by atoms with Gasteiger partial charge in [-0.1, -0.05) is 41.9 Å². The van der Waals surface area contributed by atoms with Crippen LogP contribution in [-0.4, -0.2) is 16.2 Å². The molecule has 2 rings (SSSR count). The van der Waals surface area contributed by atoms with Gasteiger partial charge in [-0.05, 0) is 11.6 Å². The molecule has 0 aliphatic rings. The highest BCUT2D eigenvalue weighted by Gasteiger charge is 2.15. The van der Waals surface area contributed by atoms with E-state index in [1.165, 1.54) is 12.1 Å². The second-order valence-electron chi connectivity index (χ2n) is 3.88. The number of aromatic hydroxyl groups is 1. The third-order valence-electron chi connectivity index (χ3n) is 2.52. The summed E-state index contributed by atoms with van der Waals surface area (Å²) in [5.41, 5.74) is 0.666. The molecule has 0 atom stereocenters. The second-order valence-corrected chi connectivity index (χ2v) is 4.29. The maximum absolute atomic E-state index is 10.9. The molecule has 0 saturated carbocycles. The molecule has 4 nitrogen and oxygen atoms in total. The van der Waals surface area contributed by atoms with Crippen LogP contribution in [0.15, 0.2) is 42.5 Å². The summed E-state index contributed by atoms with van der Waals surface area (Å²) in [7, 11) is 0. The van der Waals surface area contributed by atoms with E-state index in [0.29, 0.717) is 12.4 Å². The zero-order valence-electron chi connectivity index (χ0n) is 9.84. The maximum atomic E-state index is 10.9. The van der Waals surface area contributed by atoms with E-state index in [4.69, 9.17) is 21.4 Å². The summed E-state index contributed by atoms with van der Waals surface area (Å²) in [5, 5.41) is 18.4. The van der Waals surface area contributed by atoms with Crippen LogP contribution in [0.3, 0.4) is 0 Å². The largest absolute Gasteiger partial charge is 0.505 e. The van der Waals surface area contributed by atoms with Crippen molar-refractivity contribution in [3.05, 3.63) is 58.6 Å². The van der Waals surface area contributed by atoms with Gasteiger partial charge < -0.3 is 14.9 Å². The van der Waals surface area contributed by atoms with E-state index in [0.717, 1.165) is 5.56 Å². The number of ether oxygens (including phenoxy) is 1. The summed E-state index contributed by atoms with van der Waals surface area (Å²) in [6.07, 6.45) is 0. The molecule has 0 aliphatic carbocycles. The highest BCUT2D eigenvalue weighted by atomic mass is 35.5. The van der Waals surface area contributed by atoms with E-state index in [9.17, 15) is 9.90 Å². The number of carbonyl (C=O) groups is 1. The number of phenols is 1. The lowest BCUT2D eigenvalue weighted by Crippen LogP contribution is -2.00. The van der Waals surface area contributed by atoms with E-state index in [2.05, 4.69) is 0 Å². The number of hydrogen-bond acceptors (Lipinski definition) is 3. The first-order valence-corrected chi connectivity index (χ1v) is 5.88. The SMILES string of the molecule is O=C(O)c1cc(OCc2ccccc2)cc(Cl)c1O. The molecule has 0 heterocycles. The van der Waals surface area contributed by atoms with Crippen molar-refractivity contribution >= 4 is 17.6 Å². The summed E-state index contributed by atoms with van der Waals surface area (Å²) in [6, 6.07) is 12.1. The summed E-state index contributed by atoms with van der Waals surface area (Å²) in [6.45, 7) is 0.293. The van der Waals surface area contributed by atoms with Gasteiger partial charge in [0.05, 0.1) is 5.02 Å². The number of rotatable bonds is 4. The van der Waals surface area contributed by atoms with Crippen molar-refractivity contribution in [1.82, 2.24) is 0 Å². The smallest absolute Gasteiger partial charge is 0.339 e. The van der Waals surface area contributed by atoms with Crippen LogP contribution in [0.1, 0.15) is 15.9 Å². The summed E-state index contributed by atoms with van der Waals surface area (Å²) < 4.78 is 5.46. The first-order chi connectivity index (χ1) is 9.08. The van der Waals surface area contributed by atoms with Crippen molar-refractivity contribution in [2.45, 2.75) is 6.61 Å². The van der Waals surface area contributed by atoms with E-state index in [1.54, 1.807) is 0 Å². The number of benzene rings is 2. The number of carboxylic acid groups (broad SMARTS) is 1. The van der Waals surface area contributed by atoms with Crippen molar-refractivity contribution in [2.75, 3.05) is 0 Å². The van der Waals surface area contributed by atoms with Gasteiger partial charge in [0.1, 0.15) is 23.7 Å². The molecule has 19 heavy (non-hydrogen) atoms. The zero-order chi connectivity index (χ0) is 13.8. The minimum absolute atomic E-state index is 0.0528. The van der Waals surface area contributed by atoms with Gasteiger partial charge in [-0.2, -0.15) is 0 Å². The van der Waals surface area contributed by atoms with Crippen LogP contribution in [-0.2, 0) is 6.61 Å². The van der Waals surface area contributed by atoms with Gasteiger partial charge in [0.25, 0.3) is 0 Å². The Morgan fingerprint density at radius 1 is 1.21 bits per heavy atom. The van der Waals surface area contributed by atoms with Crippen LogP contribution >= 0.6 is 11.6 Å². The monoisotopic (exact) mass is 278 g/mol. The predicted octanol–water partition coefficient (Wildman–Crippen LogP) is 3.32. The van der Waals surface area contributed by atoms with Gasteiger partial charge in [-0.3, -0.25) is 0 Å². The normalized spacial score (nSPS) is 10.2. The van der Waals surface area contributed by atoms with Crippen LogP contribution in [0, 0.1) is 0 Å². The van der Waals surface area contributed by atoms with Gasteiger partial charge in [0.2, 0.25) is 0 Å². The molecule has 0 amide bonds. The fourth-order valence-corrected chi connectivity index (χ4v) is 1.77. The average Bonchev–Trinajstić information content (AvgIpc) is 2.41. The molecule has 2 aromatic carbocycles. The minimum atomic E-state index is -1.26. The molecule has 0 bridgehead atoms. The lowest BCUT2D eigenvalue weighted by atomic mass is 10.2. The number of aromatic carboxylic acids is 1. The molecule has 2 aromatic rings. The van der Waals surface area contributed by atoms with Crippen LogP contribution < -0.4 is 4.74 Å². The zero-order valence-corrected chi connectivity index (χ0v) is 10.6. The maximum Gasteiger partial charge on any atom is 0.339 e. The van der Waals surface area contributed by atoms with Crippen molar-refractivity contribution in [2.24, 2.45) is 0 Å². The van der Waals surface area contributed by atoms with Crippen LogP contribution in [0.25, 0.3) is 0 Å². The first-order valence-electron chi connectivity index (χ1n) is 5.50. The Morgan fingerprint density at radius 2 is 1.89 bits per heavy atom. The standard InChI is InChI=1S/C14H11ClO4/c15-12-7-10(6-11(13(12)16)14(17)18)19-8-9-4-2-1-3-5-9/h1-7,16H,8H2,(H,17,18). The molecule has 98 valence electrons. The topological polar surface area (TPSA) is 66.8 Å². The molecule has 0 unspecified atom stereocenters. The van der Waals surface area contributed by atoms with Crippen LogP contribution in [0.5, 0.6) is 11.5 Å². The van der Waals surface area contributed by atoms with Gasteiger partial charge in [0.15, 0.2) is 0 Å². The number of hydrogen-bond donors (Lipinski definition) is 2. The highest BCUT2D eigenvalue weighted by Crippen LogP contribution is 2.32. The highest BCUT2D eigenvalue weighted by molar-refractivity contribution is 6.32. The summed E-state index contributed by atoms with van der Waals surface area (Å²) in [5.74, 6) is -1.42. The molecular weight excluding hydrogens is 268 g/mol. The minimum Gasteiger partial charge on any atom is -0.505 e. The Morgan fingerprint density at radius 3 is 2.53 bits per heavy atom. The van der Waals surface area contributed by atoms with Crippen LogP contribution in [0.2, 0.25) is 5.02 Å². The number of halogens is 1. The molecule has 0 aromatic heterocycles. The second kappa shape index (κ2) is 5.63. The Bertz CT molecular complexity index is 596. The Labute approximate surface area is 114 Å². The predicted molar refractivity (Wildman–Crippen MR) is 70.9 cm³/mol. The number of carboxylic acids is 1. The van der Waals surface area contributed by atoms with Crippen molar-refractivity contribution in [3.63, 3.8) is 0 Å². The van der Waals surface area contributed by atoms with E-state index >= 15 is 0 Å². The molecule has 0 radical (unpaired) electrons. The van der Waals surface area contributed by atoms with Gasteiger partial charge >= 0.3 is 5.97 Å². The van der Waals surface area contributed by atoms with Crippen LogP contribution in [0.4, 0.5) is 0 Å². The van der Waals surface area contributed by atoms with Crippen molar-refractivity contribution in [1.29, 1.82) is 0 Å². The van der Waals surface area contributed by atoms with E-state index < -0.39 is 11.7 Å². The molecular formula is C14H11ClO4. The molecule has 0 aliphatic heterocycles. The van der Waals surface area contributed by atoms with E-state index in [1.807, 2.05) is 30.3 Å². The Kier molecular flexibility index (Phi) is 3.92. The van der Waals surface area contributed by atoms with Gasteiger partial charge in [-0.15, -0.1) is 0 Å². The third kappa shape index (κ3) is 3.17. The molecule has 0 fully saturated rings. The van der Waals surface area contributed by atoms with E-state index in [-0.39, 0.29) is 10.6 Å². The van der Waals surface area contributed by atoms with Gasteiger partial charge in [-0.25, -0.2) is 4.79 Å². The third-order valence-corrected chi connectivity index (χ3v) is 2.80.